The van der Waals surface area contributed by atoms with Crippen molar-refractivity contribution in [3.63, 3.8) is 0 Å². The normalized spacial score (nSPS) is 21.8. The molecule has 0 unspecified atom stereocenters. The van der Waals surface area contributed by atoms with Crippen LogP contribution in [0.4, 0.5) is 18.9 Å². The molecule has 1 aliphatic carbocycles. The number of alkyl halides is 3. The molecule has 3 rings (SSSR count). The van der Waals surface area contributed by atoms with Gasteiger partial charge in [-0.3, -0.25) is 0 Å². The van der Waals surface area contributed by atoms with Crippen molar-refractivity contribution in [1.82, 2.24) is 5.32 Å². The number of hydrogen-bond donors (Lipinski definition) is 1. The summed E-state index contributed by atoms with van der Waals surface area (Å²) in [5, 5.41) is 3.59. The van der Waals surface area contributed by atoms with Crippen molar-refractivity contribution in [3.8, 4) is 5.75 Å². The van der Waals surface area contributed by atoms with Crippen molar-refractivity contribution in [2.75, 3.05) is 24.5 Å². The number of hydrogen-bond acceptors (Lipinski definition) is 3. The highest BCUT2D eigenvalue weighted by Gasteiger charge is 2.38. The van der Waals surface area contributed by atoms with Crippen LogP contribution in [0, 0.1) is 0 Å². The highest BCUT2D eigenvalue weighted by Crippen LogP contribution is 2.34. The van der Waals surface area contributed by atoms with Crippen molar-refractivity contribution in [1.29, 1.82) is 0 Å². The molecule has 2 aliphatic rings. The van der Waals surface area contributed by atoms with E-state index in [1.165, 1.54) is 25.0 Å². The Hall–Kier alpha value is -1.43. The Kier molecular flexibility index (Phi) is 3.73. The van der Waals surface area contributed by atoms with Gasteiger partial charge in [-0.25, -0.2) is 0 Å². The van der Waals surface area contributed by atoms with Crippen LogP contribution in [0.5, 0.6) is 5.75 Å². The van der Waals surface area contributed by atoms with Crippen LogP contribution in [0.1, 0.15) is 25.7 Å². The van der Waals surface area contributed by atoms with Gasteiger partial charge in [-0.1, -0.05) is 18.9 Å². The van der Waals surface area contributed by atoms with Gasteiger partial charge in [-0.15, -0.1) is 13.2 Å². The summed E-state index contributed by atoms with van der Waals surface area (Å²) in [5.74, 6) is -0.154. The van der Waals surface area contributed by atoms with Crippen molar-refractivity contribution in [2.45, 2.75) is 37.6 Å². The summed E-state index contributed by atoms with van der Waals surface area (Å²) < 4.78 is 40.9. The Morgan fingerprint density at radius 1 is 1.19 bits per heavy atom. The van der Waals surface area contributed by atoms with Gasteiger partial charge in [0.2, 0.25) is 0 Å². The van der Waals surface area contributed by atoms with E-state index in [0.717, 1.165) is 38.2 Å². The largest absolute Gasteiger partial charge is 0.573 e. The number of nitrogens with zero attached hydrogens (tertiary/aromatic N) is 1. The number of rotatable bonds is 2. The van der Waals surface area contributed by atoms with E-state index in [1.54, 1.807) is 6.07 Å². The van der Waals surface area contributed by atoms with Crippen LogP contribution in [-0.4, -0.2) is 31.5 Å². The number of anilines is 1. The quantitative estimate of drug-likeness (QED) is 0.907. The second kappa shape index (κ2) is 5.40. The molecule has 1 heterocycles. The molecule has 1 saturated heterocycles. The fraction of sp³-hybridized carbons (Fsp3) is 0.600. The lowest BCUT2D eigenvalue weighted by atomic mass is 9.94. The summed E-state index contributed by atoms with van der Waals surface area (Å²) in [6, 6.07) is 6.27. The van der Waals surface area contributed by atoms with E-state index in [9.17, 15) is 13.2 Å². The average molecular weight is 300 g/mol. The lowest BCUT2D eigenvalue weighted by Crippen LogP contribution is -2.59. The summed E-state index contributed by atoms with van der Waals surface area (Å²) in [6.07, 6.45) is 0.0787. The van der Waals surface area contributed by atoms with E-state index in [1.807, 2.05) is 6.07 Å². The number of piperazine rings is 1. The molecule has 1 aliphatic heterocycles. The van der Waals surface area contributed by atoms with Gasteiger partial charge in [-0.2, -0.15) is 0 Å². The van der Waals surface area contributed by atoms with E-state index in [0.29, 0.717) is 0 Å². The second-order valence-electron chi connectivity index (χ2n) is 5.88. The van der Waals surface area contributed by atoms with Crippen LogP contribution in [-0.2, 0) is 0 Å². The second-order valence-corrected chi connectivity index (χ2v) is 5.88. The maximum Gasteiger partial charge on any atom is 0.573 e. The zero-order valence-corrected chi connectivity index (χ0v) is 11.7. The molecule has 3 nitrogen and oxygen atoms in total. The van der Waals surface area contributed by atoms with Gasteiger partial charge in [0.15, 0.2) is 0 Å². The van der Waals surface area contributed by atoms with Gasteiger partial charge in [0.05, 0.1) is 0 Å². The van der Waals surface area contributed by atoms with E-state index >= 15 is 0 Å². The average Bonchev–Trinajstić information content (AvgIpc) is 2.85. The van der Waals surface area contributed by atoms with Gasteiger partial charge >= 0.3 is 6.36 Å². The Morgan fingerprint density at radius 2 is 1.95 bits per heavy atom. The summed E-state index contributed by atoms with van der Waals surface area (Å²) in [6.45, 7) is 2.52. The molecule has 0 amide bonds. The van der Waals surface area contributed by atoms with E-state index in [4.69, 9.17) is 0 Å². The first-order valence-electron chi connectivity index (χ1n) is 7.32. The lowest BCUT2D eigenvalue weighted by Gasteiger charge is -2.42. The van der Waals surface area contributed by atoms with Crippen molar-refractivity contribution in [2.24, 2.45) is 0 Å². The smallest absolute Gasteiger partial charge is 0.406 e. The Labute approximate surface area is 122 Å². The minimum atomic E-state index is -4.64. The number of halogens is 3. The topological polar surface area (TPSA) is 24.5 Å². The predicted molar refractivity (Wildman–Crippen MR) is 74.5 cm³/mol. The molecule has 1 saturated carbocycles. The fourth-order valence-electron chi connectivity index (χ4n) is 3.44. The summed E-state index contributed by atoms with van der Waals surface area (Å²) in [5.41, 5.74) is 0.934. The Bertz CT molecular complexity index is 498. The molecular formula is C15H19F3N2O. The van der Waals surface area contributed by atoms with Crippen LogP contribution in [0.25, 0.3) is 0 Å². The number of benzene rings is 1. The molecule has 1 N–H and O–H groups in total. The zero-order chi connectivity index (χ0) is 14.9. The zero-order valence-electron chi connectivity index (χ0n) is 11.7. The molecule has 1 aromatic carbocycles. The maximum absolute atomic E-state index is 12.3. The van der Waals surface area contributed by atoms with Crippen molar-refractivity contribution in [3.05, 3.63) is 24.3 Å². The third-order valence-electron chi connectivity index (χ3n) is 4.35. The molecule has 0 radical (unpaired) electrons. The summed E-state index contributed by atoms with van der Waals surface area (Å²) in [4.78, 5) is 2.16. The standard InChI is InChI=1S/C15H19F3N2O/c16-15(17,18)21-13-5-3-4-12(10-13)20-9-8-19-14(11-20)6-1-2-7-14/h3-5,10,19H,1-2,6-9,11H2. The molecule has 6 heteroatoms. The van der Waals surface area contributed by atoms with Crippen LogP contribution >= 0.6 is 0 Å². The summed E-state index contributed by atoms with van der Waals surface area (Å²) >= 11 is 0. The first kappa shape index (κ1) is 14.5. The van der Waals surface area contributed by atoms with E-state index < -0.39 is 6.36 Å². The SMILES string of the molecule is FC(F)(F)Oc1cccc(N2CCNC3(CCCC3)C2)c1. The first-order valence-corrected chi connectivity index (χ1v) is 7.32. The molecule has 0 aromatic heterocycles. The molecule has 116 valence electrons. The maximum atomic E-state index is 12.3. The molecule has 2 fully saturated rings. The first-order chi connectivity index (χ1) is 9.96. The van der Waals surface area contributed by atoms with Gasteiger partial charge in [0.1, 0.15) is 5.75 Å². The molecule has 1 aromatic rings. The number of nitrogens with one attached hydrogen (secondary N) is 1. The van der Waals surface area contributed by atoms with E-state index in [-0.39, 0.29) is 11.3 Å². The Morgan fingerprint density at radius 3 is 2.67 bits per heavy atom. The van der Waals surface area contributed by atoms with Crippen LogP contribution < -0.4 is 15.0 Å². The van der Waals surface area contributed by atoms with E-state index in [2.05, 4.69) is 15.0 Å². The minimum absolute atomic E-state index is 0.138. The van der Waals surface area contributed by atoms with Crippen LogP contribution in [0.2, 0.25) is 0 Å². The van der Waals surface area contributed by atoms with Crippen molar-refractivity contribution >= 4 is 5.69 Å². The molecular weight excluding hydrogens is 281 g/mol. The van der Waals surface area contributed by atoms with Gasteiger partial charge in [0, 0.05) is 36.9 Å². The van der Waals surface area contributed by atoms with Gasteiger partial charge in [-0.05, 0) is 25.0 Å². The van der Waals surface area contributed by atoms with Gasteiger partial charge < -0.3 is 15.0 Å². The van der Waals surface area contributed by atoms with Crippen molar-refractivity contribution < 1.29 is 17.9 Å². The summed E-state index contributed by atoms with van der Waals surface area (Å²) in [7, 11) is 0. The lowest BCUT2D eigenvalue weighted by molar-refractivity contribution is -0.274. The fourth-order valence-corrected chi connectivity index (χ4v) is 3.44. The molecule has 0 bridgehead atoms. The monoisotopic (exact) mass is 300 g/mol. The highest BCUT2D eigenvalue weighted by molar-refractivity contribution is 5.51. The minimum Gasteiger partial charge on any atom is -0.406 e. The number of ether oxygens (including phenoxy) is 1. The predicted octanol–water partition coefficient (Wildman–Crippen LogP) is 3.31. The third-order valence-corrected chi connectivity index (χ3v) is 4.35. The van der Waals surface area contributed by atoms with Crippen LogP contribution in [0.3, 0.4) is 0 Å². The Balaban J connectivity index is 1.75. The van der Waals surface area contributed by atoms with Crippen LogP contribution in [0.15, 0.2) is 24.3 Å². The third kappa shape index (κ3) is 3.43. The molecule has 0 atom stereocenters. The molecule has 21 heavy (non-hydrogen) atoms. The highest BCUT2D eigenvalue weighted by atomic mass is 19.4. The molecule has 1 spiro atoms. The van der Waals surface area contributed by atoms with Gasteiger partial charge in [0.25, 0.3) is 0 Å².